The van der Waals surface area contributed by atoms with Crippen molar-refractivity contribution in [2.24, 2.45) is 0 Å². The van der Waals surface area contributed by atoms with E-state index in [1.807, 2.05) is 19.0 Å². The van der Waals surface area contributed by atoms with Gasteiger partial charge in [0.05, 0.1) is 19.1 Å². The number of carbonyl (C=O) groups excluding carboxylic acids is 1. The van der Waals surface area contributed by atoms with Crippen LogP contribution in [0.2, 0.25) is 0 Å². The summed E-state index contributed by atoms with van der Waals surface area (Å²) >= 11 is 1.53. The second-order valence-electron chi connectivity index (χ2n) is 3.95. The van der Waals surface area contributed by atoms with Crippen LogP contribution in [0.1, 0.15) is 11.8 Å². The molecule has 1 rings (SSSR count). The molecule has 1 N–H and O–H groups in total. The molecule has 102 valence electrons. The molecule has 6 nitrogen and oxygen atoms in total. The number of nitrogens with zero attached hydrogens (tertiary/aromatic N) is 2. The largest absolute Gasteiger partial charge is 0.480 e. The number of ether oxygens (including phenoxy) is 2. The van der Waals surface area contributed by atoms with Crippen LogP contribution in [0.5, 0.6) is 5.88 Å². The van der Waals surface area contributed by atoms with Crippen LogP contribution in [-0.4, -0.2) is 45.3 Å². The van der Waals surface area contributed by atoms with E-state index in [2.05, 4.69) is 15.0 Å². The summed E-state index contributed by atoms with van der Waals surface area (Å²) in [4.78, 5) is 18.5. The summed E-state index contributed by atoms with van der Waals surface area (Å²) < 4.78 is 9.86. The zero-order chi connectivity index (χ0) is 13.7. The lowest BCUT2D eigenvalue weighted by atomic mass is 10.3. The minimum Gasteiger partial charge on any atom is -0.480 e. The predicted molar refractivity (Wildman–Crippen MR) is 71.3 cm³/mol. The first-order valence-electron chi connectivity index (χ1n) is 5.51. The van der Waals surface area contributed by atoms with E-state index in [1.165, 1.54) is 18.4 Å². The highest BCUT2D eigenvalue weighted by atomic mass is 32.1. The van der Waals surface area contributed by atoms with Gasteiger partial charge in [-0.3, -0.25) is 10.1 Å². The van der Waals surface area contributed by atoms with Crippen molar-refractivity contribution in [3.8, 4) is 5.88 Å². The number of hydrogen-bond donors (Lipinski definition) is 1. The fraction of sp³-hybridized carbons (Fsp3) is 0.636. The van der Waals surface area contributed by atoms with Gasteiger partial charge in [0.2, 0.25) is 5.88 Å². The summed E-state index contributed by atoms with van der Waals surface area (Å²) in [5.74, 6) is 0.305. The highest BCUT2D eigenvalue weighted by molar-refractivity contribution is 7.15. The topological polar surface area (TPSA) is 63.7 Å². The molecule has 0 spiro atoms. The summed E-state index contributed by atoms with van der Waals surface area (Å²) in [5.41, 5.74) is 0. The zero-order valence-electron chi connectivity index (χ0n) is 11.3. The molecule has 1 aromatic rings. The lowest BCUT2D eigenvalue weighted by molar-refractivity contribution is -0.142. The summed E-state index contributed by atoms with van der Waals surface area (Å²) in [7, 11) is 6.80. The predicted octanol–water partition coefficient (Wildman–Crippen LogP) is 0.869. The Balaban J connectivity index is 2.69. The van der Waals surface area contributed by atoms with E-state index in [1.54, 1.807) is 14.0 Å². The Bertz CT molecular complexity index is 406. The van der Waals surface area contributed by atoms with E-state index >= 15 is 0 Å². The maximum Gasteiger partial charge on any atom is 0.322 e. The number of aromatic nitrogens is 1. The van der Waals surface area contributed by atoms with Gasteiger partial charge in [-0.15, -0.1) is 0 Å². The molecule has 0 aromatic carbocycles. The van der Waals surface area contributed by atoms with Crippen molar-refractivity contribution in [1.29, 1.82) is 0 Å². The lowest BCUT2D eigenvalue weighted by Crippen LogP contribution is -2.34. The average molecular weight is 273 g/mol. The monoisotopic (exact) mass is 273 g/mol. The number of methoxy groups -OCH3 is 2. The zero-order valence-corrected chi connectivity index (χ0v) is 12.1. The number of anilines is 1. The molecule has 1 atom stereocenters. The van der Waals surface area contributed by atoms with Crippen LogP contribution < -0.4 is 15.0 Å². The van der Waals surface area contributed by atoms with E-state index in [9.17, 15) is 4.79 Å². The summed E-state index contributed by atoms with van der Waals surface area (Å²) in [5, 5.41) is 3.94. The Hall–Kier alpha value is -1.34. The third kappa shape index (κ3) is 3.58. The molecule has 0 fully saturated rings. The van der Waals surface area contributed by atoms with Gasteiger partial charge < -0.3 is 14.4 Å². The molecule has 7 heteroatoms. The van der Waals surface area contributed by atoms with Crippen LogP contribution in [-0.2, 0) is 16.1 Å². The van der Waals surface area contributed by atoms with Crippen molar-refractivity contribution in [3.05, 3.63) is 4.88 Å². The van der Waals surface area contributed by atoms with Gasteiger partial charge in [0.1, 0.15) is 6.04 Å². The van der Waals surface area contributed by atoms with E-state index in [0.29, 0.717) is 12.4 Å². The first kappa shape index (κ1) is 14.7. The molecule has 18 heavy (non-hydrogen) atoms. The van der Waals surface area contributed by atoms with Crippen molar-refractivity contribution >= 4 is 22.4 Å². The number of thiazole rings is 1. The molecule has 0 bridgehead atoms. The summed E-state index contributed by atoms with van der Waals surface area (Å²) in [6.07, 6.45) is 0. The standard InChI is InChI=1S/C11H19N3O3S/c1-7(10(15)17-5)12-6-8-9(16-4)13-11(18-8)14(2)3/h7,12H,6H2,1-5H3/t7-/m0/s1. The van der Waals surface area contributed by atoms with Crippen molar-refractivity contribution in [1.82, 2.24) is 10.3 Å². The fourth-order valence-corrected chi connectivity index (χ4v) is 2.20. The van der Waals surface area contributed by atoms with Crippen LogP contribution in [0.15, 0.2) is 0 Å². The minimum absolute atomic E-state index is 0.286. The molecule has 0 unspecified atom stereocenters. The van der Waals surface area contributed by atoms with Crippen LogP contribution in [0, 0.1) is 0 Å². The summed E-state index contributed by atoms with van der Waals surface area (Å²) in [6, 6.07) is -0.357. The van der Waals surface area contributed by atoms with E-state index in [0.717, 1.165) is 10.0 Å². The van der Waals surface area contributed by atoms with Gasteiger partial charge in [0, 0.05) is 20.6 Å². The van der Waals surface area contributed by atoms with Gasteiger partial charge in [-0.05, 0) is 6.92 Å². The van der Waals surface area contributed by atoms with Gasteiger partial charge in [-0.25, -0.2) is 0 Å². The van der Waals surface area contributed by atoms with Crippen LogP contribution in [0.3, 0.4) is 0 Å². The number of carbonyl (C=O) groups is 1. The highest BCUT2D eigenvalue weighted by Gasteiger charge is 2.16. The molecule has 0 saturated heterocycles. The maximum atomic E-state index is 11.3. The molecule has 0 aliphatic heterocycles. The Labute approximate surface area is 111 Å². The minimum atomic E-state index is -0.357. The van der Waals surface area contributed by atoms with Crippen LogP contribution >= 0.6 is 11.3 Å². The first-order chi connectivity index (χ1) is 8.49. The molecule has 0 amide bonds. The molecule has 1 heterocycles. The van der Waals surface area contributed by atoms with Crippen molar-refractivity contribution < 1.29 is 14.3 Å². The van der Waals surface area contributed by atoms with Gasteiger partial charge in [-0.2, -0.15) is 4.98 Å². The van der Waals surface area contributed by atoms with Gasteiger partial charge in [0.15, 0.2) is 5.13 Å². The van der Waals surface area contributed by atoms with Gasteiger partial charge in [-0.1, -0.05) is 11.3 Å². The number of nitrogens with one attached hydrogen (secondary N) is 1. The number of rotatable bonds is 6. The average Bonchev–Trinajstić information content (AvgIpc) is 2.78. The number of esters is 1. The second kappa shape index (κ2) is 6.55. The highest BCUT2D eigenvalue weighted by Crippen LogP contribution is 2.30. The van der Waals surface area contributed by atoms with Gasteiger partial charge in [0.25, 0.3) is 0 Å². The Kier molecular flexibility index (Phi) is 5.36. The number of hydrogen-bond acceptors (Lipinski definition) is 7. The molecular weight excluding hydrogens is 254 g/mol. The second-order valence-corrected chi connectivity index (χ2v) is 5.01. The van der Waals surface area contributed by atoms with Crippen molar-refractivity contribution in [2.75, 3.05) is 33.2 Å². The smallest absolute Gasteiger partial charge is 0.322 e. The molecular formula is C11H19N3O3S. The molecule has 1 aromatic heterocycles. The molecule has 0 aliphatic rings. The van der Waals surface area contributed by atoms with Crippen LogP contribution in [0.25, 0.3) is 0 Å². The molecule has 0 saturated carbocycles. The normalized spacial score (nSPS) is 12.1. The maximum absolute atomic E-state index is 11.3. The SMILES string of the molecule is COC(=O)[C@H](C)NCc1sc(N(C)C)nc1OC. The third-order valence-corrected chi connectivity index (χ3v) is 3.55. The first-order valence-corrected chi connectivity index (χ1v) is 6.33. The lowest BCUT2D eigenvalue weighted by Gasteiger charge is -2.10. The molecule has 0 aliphatic carbocycles. The van der Waals surface area contributed by atoms with Gasteiger partial charge >= 0.3 is 5.97 Å². The van der Waals surface area contributed by atoms with Crippen molar-refractivity contribution in [3.63, 3.8) is 0 Å². The van der Waals surface area contributed by atoms with E-state index in [-0.39, 0.29) is 12.0 Å². The third-order valence-electron chi connectivity index (χ3n) is 2.35. The van der Waals surface area contributed by atoms with Crippen molar-refractivity contribution in [2.45, 2.75) is 19.5 Å². The summed E-state index contributed by atoms with van der Waals surface area (Å²) in [6.45, 7) is 2.27. The quantitative estimate of drug-likeness (QED) is 0.776. The Morgan fingerprint density at radius 2 is 2.17 bits per heavy atom. The fourth-order valence-electron chi connectivity index (χ4n) is 1.29. The van der Waals surface area contributed by atoms with Crippen LogP contribution in [0.4, 0.5) is 5.13 Å². The van der Waals surface area contributed by atoms with E-state index in [4.69, 9.17) is 4.74 Å². The Morgan fingerprint density at radius 3 is 2.67 bits per heavy atom. The molecule has 0 radical (unpaired) electrons. The van der Waals surface area contributed by atoms with E-state index < -0.39 is 0 Å². The Morgan fingerprint density at radius 1 is 1.50 bits per heavy atom.